The van der Waals surface area contributed by atoms with Crippen molar-refractivity contribution >= 4 is 5.97 Å². The highest BCUT2D eigenvalue weighted by Gasteiger charge is 2.20. The first-order chi connectivity index (χ1) is 7.66. The summed E-state index contributed by atoms with van der Waals surface area (Å²) in [5.74, 6) is -0.851. The maximum atomic E-state index is 10.8. The summed E-state index contributed by atoms with van der Waals surface area (Å²) in [5.41, 5.74) is 1.47. The van der Waals surface area contributed by atoms with Gasteiger partial charge in [-0.05, 0) is 44.0 Å². The molecule has 0 aromatic heterocycles. The van der Waals surface area contributed by atoms with Crippen LogP contribution in [0.1, 0.15) is 35.7 Å². The van der Waals surface area contributed by atoms with Gasteiger partial charge in [-0.1, -0.05) is 12.1 Å². The van der Waals surface area contributed by atoms with Crippen LogP contribution in [-0.4, -0.2) is 28.6 Å². The van der Waals surface area contributed by atoms with E-state index in [1.807, 2.05) is 12.1 Å². The van der Waals surface area contributed by atoms with E-state index in [4.69, 9.17) is 5.11 Å². The van der Waals surface area contributed by atoms with Gasteiger partial charge >= 0.3 is 5.97 Å². The summed E-state index contributed by atoms with van der Waals surface area (Å²) >= 11 is 0. The molecule has 0 bridgehead atoms. The van der Waals surface area contributed by atoms with Crippen LogP contribution < -0.4 is 0 Å². The Balaban J connectivity index is 2.09. The number of carbonyl (C=O) groups is 1. The molecule has 1 aliphatic rings. The lowest BCUT2D eigenvalue weighted by Gasteiger charge is -2.20. The van der Waals surface area contributed by atoms with Gasteiger partial charge in [-0.15, -0.1) is 0 Å². The largest absolute Gasteiger partial charge is 0.478 e. The monoisotopic (exact) mass is 219 g/mol. The lowest BCUT2D eigenvalue weighted by Crippen LogP contribution is -2.26. The molecule has 16 heavy (non-hydrogen) atoms. The van der Waals surface area contributed by atoms with Crippen molar-refractivity contribution in [2.75, 3.05) is 6.54 Å². The minimum absolute atomic E-state index is 0.379. The van der Waals surface area contributed by atoms with E-state index >= 15 is 0 Å². The third-order valence-corrected chi connectivity index (χ3v) is 3.25. The molecular weight excluding hydrogens is 202 g/mol. The molecular formula is C13H17NO2. The molecule has 1 saturated heterocycles. The standard InChI is InChI=1S/C13H17NO2/c1-10-4-3-7-14(10)9-11-5-2-6-12(8-11)13(15)16/h2,5-6,8,10H,3-4,7,9H2,1H3,(H,15,16). The zero-order valence-electron chi connectivity index (χ0n) is 9.52. The Labute approximate surface area is 95.7 Å². The maximum absolute atomic E-state index is 10.8. The Morgan fingerprint density at radius 1 is 1.56 bits per heavy atom. The lowest BCUT2D eigenvalue weighted by molar-refractivity contribution is 0.0696. The molecule has 1 aromatic rings. The number of aromatic carboxylic acids is 1. The summed E-state index contributed by atoms with van der Waals surface area (Å²) < 4.78 is 0. The van der Waals surface area contributed by atoms with Gasteiger partial charge < -0.3 is 5.11 Å². The first kappa shape index (κ1) is 11.1. The molecule has 1 aromatic carbocycles. The number of hydrogen-bond donors (Lipinski definition) is 1. The minimum atomic E-state index is -0.851. The molecule has 86 valence electrons. The molecule has 1 fully saturated rings. The van der Waals surface area contributed by atoms with Crippen LogP contribution in [-0.2, 0) is 6.54 Å². The van der Waals surface area contributed by atoms with Crippen molar-refractivity contribution in [1.82, 2.24) is 4.90 Å². The summed E-state index contributed by atoms with van der Waals surface area (Å²) in [5, 5.41) is 8.91. The molecule has 0 spiro atoms. The quantitative estimate of drug-likeness (QED) is 0.848. The molecule has 0 amide bonds. The normalized spacial score (nSPS) is 21.2. The van der Waals surface area contributed by atoms with Gasteiger partial charge in [0.15, 0.2) is 0 Å². The van der Waals surface area contributed by atoms with Crippen LogP contribution in [0.5, 0.6) is 0 Å². The van der Waals surface area contributed by atoms with Crippen LogP contribution in [0.3, 0.4) is 0 Å². The Morgan fingerprint density at radius 3 is 3.00 bits per heavy atom. The van der Waals surface area contributed by atoms with Crippen molar-refractivity contribution < 1.29 is 9.90 Å². The fourth-order valence-electron chi connectivity index (χ4n) is 2.26. The predicted molar refractivity (Wildman–Crippen MR) is 62.5 cm³/mol. The third-order valence-electron chi connectivity index (χ3n) is 3.25. The average Bonchev–Trinajstić information content (AvgIpc) is 2.65. The van der Waals surface area contributed by atoms with Crippen molar-refractivity contribution in [1.29, 1.82) is 0 Å². The smallest absolute Gasteiger partial charge is 0.335 e. The average molecular weight is 219 g/mol. The summed E-state index contributed by atoms with van der Waals surface area (Å²) in [4.78, 5) is 13.2. The predicted octanol–water partition coefficient (Wildman–Crippen LogP) is 2.37. The van der Waals surface area contributed by atoms with Crippen LogP contribution in [0.25, 0.3) is 0 Å². The van der Waals surface area contributed by atoms with E-state index in [1.54, 1.807) is 12.1 Å². The molecule has 0 saturated carbocycles. The van der Waals surface area contributed by atoms with E-state index in [1.165, 1.54) is 12.8 Å². The number of nitrogens with zero attached hydrogens (tertiary/aromatic N) is 1. The highest BCUT2D eigenvalue weighted by Crippen LogP contribution is 2.19. The summed E-state index contributed by atoms with van der Waals surface area (Å²) in [7, 11) is 0. The number of rotatable bonds is 3. The SMILES string of the molecule is CC1CCCN1Cc1cccc(C(=O)O)c1. The van der Waals surface area contributed by atoms with Gasteiger partial charge in [-0.3, -0.25) is 4.90 Å². The lowest BCUT2D eigenvalue weighted by atomic mass is 10.1. The van der Waals surface area contributed by atoms with Crippen LogP contribution in [0.2, 0.25) is 0 Å². The molecule has 3 nitrogen and oxygen atoms in total. The molecule has 1 aliphatic heterocycles. The van der Waals surface area contributed by atoms with Crippen molar-refractivity contribution in [3.63, 3.8) is 0 Å². The fraction of sp³-hybridized carbons (Fsp3) is 0.462. The number of benzene rings is 1. The molecule has 1 atom stereocenters. The Kier molecular flexibility index (Phi) is 3.25. The van der Waals surface area contributed by atoms with Gasteiger partial charge in [-0.25, -0.2) is 4.79 Å². The second kappa shape index (κ2) is 4.66. The van der Waals surface area contributed by atoms with Gasteiger partial charge in [0, 0.05) is 12.6 Å². The van der Waals surface area contributed by atoms with Gasteiger partial charge in [0.1, 0.15) is 0 Å². The van der Waals surface area contributed by atoms with Crippen molar-refractivity contribution in [3.05, 3.63) is 35.4 Å². The van der Waals surface area contributed by atoms with Crippen LogP contribution in [0, 0.1) is 0 Å². The summed E-state index contributed by atoms with van der Waals surface area (Å²) in [6.45, 7) is 4.22. The summed E-state index contributed by atoms with van der Waals surface area (Å²) in [6.07, 6.45) is 2.50. The molecule has 0 aliphatic carbocycles. The zero-order chi connectivity index (χ0) is 11.5. The highest BCUT2D eigenvalue weighted by atomic mass is 16.4. The van der Waals surface area contributed by atoms with E-state index in [9.17, 15) is 4.79 Å². The Bertz CT molecular complexity index is 389. The molecule has 0 radical (unpaired) electrons. The van der Waals surface area contributed by atoms with E-state index in [-0.39, 0.29) is 0 Å². The maximum Gasteiger partial charge on any atom is 0.335 e. The van der Waals surface area contributed by atoms with Crippen molar-refractivity contribution in [2.24, 2.45) is 0 Å². The second-order valence-electron chi connectivity index (χ2n) is 4.47. The van der Waals surface area contributed by atoms with Crippen LogP contribution >= 0.6 is 0 Å². The van der Waals surface area contributed by atoms with E-state index in [2.05, 4.69) is 11.8 Å². The molecule has 1 unspecified atom stereocenters. The van der Waals surface area contributed by atoms with Crippen LogP contribution in [0.15, 0.2) is 24.3 Å². The minimum Gasteiger partial charge on any atom is -0.478 e. The summed E-state index contributed by atoms with van der Waals surface area (Å²) in [6, 6.07) is 7.84. The topological polar surface area (TPSA) is 40.5 Å². The van der Waals surface area contributed by atoms with Crippen LogP contribution in [0.4, 0.5) is 0 Å². The van der Waals surface area contributed by atoms with Crippen molar-refractivity contribution in [3.8, 4) is 0 Å². The number of hydrogen-bond acceptors (Lipinski definition) is 2. The first-order valence-corrected chi connectivity index (χ1v) is 5.73. The zero-order valence-corrected chi connectivity index (χ0v) is 9.52. The molecule has 2 rings (SSSR count). The second-order valence-corrected chi connectivity index (χ2v) is 4.47. The fourth-order valence-corrected chi connectivity index (χ4v) is 2.26. The molecule has 1 N–H and O–H groups in total. The molecule has 3 heteroatoms. The Morgan fingerprint density at radius 2 is 2.38 bits per heavy atom. The van der Waals surface area contributed by atoms with Gasteiger partial charge in [0.2, 0.25) is 0 Å². The van der Waals surface area contributed by atoms with Crippen molar-refractivity contribution in [2.45, 2.75) is 32.4 Å². The number of carboxylic acids is 1. The van der Waals surface area contributed by atoms with Gasteiger partial charge in [0.25, 0.3) is 0 Å². The number of carboxylic acid groups (broad SMARTS) is 1. The molecule has 1 heterocycles. The number of likely N-dealkylation sites (tertiary alicyclic amines) is 1. The Hall–Kier alpha value is -1.35. The van der Waals surface area contributed by atoms with Gasteiger partial charge in [0.05, 0.1) is 5.56 Å². The van der Waals surface area contributed by atoms with E-state index in [0.29, 0.717) is 11.6 Å². The highest BCUT2D eigenvalue weighted by molar-refractivity contribution is 5.87. The van der Waals surface area contributed by atoms with Gasteiger partial charge in [-0.2, -0.15) is 0 Å². The first-order valence-electron chi connectivity index (χ1n) is 5.73. The third kappa shape index (κ3) is 2.42. The van der Waals surface area contributed by atoms with E-state index < -0.39 is 5.97 Å². The van der Waals surface area contributed by atoms with E-state index in [0.717, 1.165) is 18.7 Å².